The third-order valence-corrected chi connectivity index (χ3v) is 5.47. The SMILES string of the molecule is CC(C)(C)c1csc(NC(=O)CCc2csc3ccccc23)n1. The van der Waals surface area contributed by atoms with Crippen LogP contribution < -0.4 is 5.32 Å². The summed E-state index contributed by atoms with van der Waals surface area (Å²) in [6.07, 6.45) is 1.23. The molecule has 1 N–H and O–H groups in total. The zero-order valence-electron chi connectivity index (χ0n) is 13.6. The van der Waals surface area contributed by atoms with Gasteiger partial charge in [0.25, 0.3) is 0 Å². The number of thiazole rings is 1. The van der Waals surface area contributed by atoms with Crippen LogP contribution in [-0.4, -0.2) is 10.9 Å². The first kappa shape index (κ1) is 16.1. The normalized spacial score (nSPS) is 11.8. The van der Waals surface area contributed by atoms with Gasteiger partial charge in [-0.15, -0.1) is 22.7 Å². The molecule has 120 valence electrons. The number of nitrogens with one attached hydrogen (secondary N) is 1. The van der Waals surface area contributed by atoms with Crippen molar-refractivity contribution in [2.24, 2.45) is 0 Å². The lowest BCUT2D eigenvalue weighted by atomic mass is 9.93. The van der Waals surface area contributed by atoms with Crippen LogP contribution in [0.25, 0.3) is 10.1 Å². The predicted octanol–water partition coefficient (Wildman–Crippen LogP) is 5.23. The second kappa shape index (κ2) is 6.42. The van der Waals surface area contributed by atoms with Crippen LogP contribution in [0.5, 0.6) is 0 Å². The molecule has 0 aliphatic carbocycles. The number of aryl methyl sites for hydroxylation is 1. The second-order valence-electron chi connectivity index (χ2n) is 6.59. The van der Waals surface area contributed by atoms with E-state index in [0.29, 0.717) is 11.6 Å². The number of hydrogen-bond donors (Lipinski definition) is 1. The molecular weight excluding hydrogens is 324 g/mol. The third kappa shape index (κ3) is 3.79. The average Bonchev–Trinajstić information content (AvgIpc) is 3.11. The molecule has 3 rings (SSSR count). The van der Waals surface area contributed by atoms with Crippen molar-refractivity contribution in [2.45, 2.75) is 39.0 Å². The fourth-order valence-electron chi connectivity index (χ4n) is 2.33. The van der Waals surface area contributed by atoms with E-state index in [2.05, 4.69) is 48.6 Å². The largest absolute Gasteiger partial charge is 0.302 e. The predicted molar refractivity (Wildman–Crippen MR) is 99.6 cm³/mol. The lowest BCUT2D eigenvalue weighted by Crippen LogP contribution is -2.14. The highest BCUT2D eigenvalue weighted by molar-refractivity contribution is 7.17. The summed E-state index contributed by atoms with van der Waals surface area (Å²) in [5.74, 6) is 0.0232. The topological polar surface area (TPSA) is 42.0 Å². The quantitative estimate of drug-likeness (QED) is 0.704. The van der Waals surface area contributed by atoms with Gasteiger partial charge in [-0.1, -0.05) is 39.0 Å². The number of nitrogens with zero attached hydrogens (tertiary/aromatic N) is 1. The lowest BCUT2D eigenvalue weighted by molar-refractivity contribution is -0.116. The molecular formula is C18H20N2OS2. The number of fused-ring (bicyclic) bond motifs is 1. The van der Waals surface area contributed by atoms with Crippen LogP contribution in [0.2, 0.25) is 0 Å². The molecule has 0 atom stereocenters. The fraction of sp³-hybridized carbons (Fsp3) is 0.333. The van der Waals surface area contributed by atoms with E-state index in [4.69, 9.17) is 0 Å². The first-order valence-corrected chi connectivity index (χ1v) is 9.40. The summed E-state index contributed by atoms with van der Waals surface area (Å²) in [7, 11) is 0. The highest BCUT2D eigenvalue weighted by Gasteiger charge is 2.18. The summed E-state index contributed by atoms with van der Waals surface area (Å²) in [4.78, 5) is 16.7. The van der Waals surface area contributed by atoms with Gasteiger partial charge in [0.15, 0.2) is 5.13 Å². The molecule has 1 aromatic carbocycles. The molecule has 5 heteroatoms. The van der Waals surface area contributed by atoms with Gasteiger partial charge in [-0.2, -0.15) is 0 Å². The van der Waals surface area contributed by atoms with Gasteiger partial charge in [-0.25, -0.2) is 4.98 Å². The third-order valence-electron chi connectivity index (χ3n) is 3.70. The molecule has 0 aliphatic heterocycles. The molecule has 0 saturated carbocycles. The number of rotatable bonds is 4. The Labute approximate surface area is 144 Å². The summed E-state index contributed by atoms with van der Waals surface area (Å²) in [5.41, 5.74) is 2.27. The minimum absolute atomic E-state index is 0.00900. The highest BCUT2D eigenvalue weighted by Crippen LogP contribution is 2.28. The number of amides is 1. The number of carbonyl (C=O) groups is 1. The van der Waals surface area contributed by atoms with Gasteiger partial charge >= 0.3 is 0 Å². The molecule has 2 heterocycles. The molecule has 0 bridgehead atoms. The Kier molecular flexibility index (Phi) is 4.50. The molecule has 0 fully saturated rings. The van der Waals surface area contributed by atoms with Crippen molar-refractivity contribution in [1.29, 1.82) is 0 Å². The van der Waals surface area contributed by atoms with Crippen LogP contribution in [0, 0.1) is 0 Å². The maximum atomic E-state index is 12.2. The van der Waals surface area contributed by atoms with E-state index in [9.17, 15) is 4.79 Å². The molecule has 0 saturated heterocycles. The molecule has 0 radical (unpaired) electrons. The number of anilines is 1. The average molecular weight is 345 g/mol. The van der Waals surface area contributed by atoms with E-state index in [-0.39, 0.29) is 11.3 Å². The van der Waals surface area contributed by atoms with Crippen LogP contribution in [-0.2, 0) is 16.6 Å². The van der Waals surface area contributed by atoms with Crippen molar-refractivity contribution in [3.63, 3.8) is 0 Å². The van der Waals surface area contributed by atoms with Gasteiger partial charge in [0.05, 0.1) is 5.69 Å². The molecule has 1 amide bonds. The second-order valence-corrected chi connectivity index (χ2v) is 8.36. The molecule has 3 aromatic rings. The van der Waals surface area contributed by atoms with Crippen molar-refractivity contribution in [1.82, 2.24) is 4.98 Å². The summed E-state index contributed by atoms with van der Waals surface area (Å²) >= 11 is 3.22. The molecule has 23 heavy (non-hydrogen) atoms. The summed E-state index contributed by atoms with van der Waals surface area (Å²) in [6, 6.07) is 8.33. The van der Waals surface area contributed by atoms with Crippen molar-refractivity contribution in [3.8, 4) is 0 Å². The molecule has 0 aliphatic rings. The first-order chi connectivity index (χ1) is 10.9. The number of thiophene rings is 1. The van der Waals surface area contributed by atoms with E-state index >= 15 is 0 Å². The number of aromatic nitrogens is 1. The van der Waals surface area contributed by atoms with Crippen LogP contribution in [0.4, 0.5) is 5.13 Å². The first-order valence-electron chi connectivity index (χ1n) is 7.64. The van der Waals surface area contributed by atoms with Crippen LogP contribution in [0.15, 0.2) is 35.0 Å². The Morgan fingerprint density at radius 1 is 1.17 bits per heavy atom. The van der Waals surface area contributed by atoms with Crippen LogP contribution in [0.3, 0.4) is 0 Å². The highest BCUT2D eigenvalue weighted by atomic mass is 32.1. The van der Waals surface area contributed by atoms with Crippen molar-refractivity contribution < 1.29 is 4.79 Å². The van der Waals surface area contributed by atoms with Gasteiger partial charge < -0.3 is 5.32 Å². The standard InChI is InChI=1S/C18H20N2OS2/c1-18(2,3)15-11-23-17(19-15)20-16(21)9-8-12-10-22-14-7-5-4-6-13(12)14/h4-7,10-11H,8-9H2,1-3H3,(H,19,20,21). The van der Waals surface area contributed by atoms with E-state index < -0.39 is 0 Å². The minimum atomic E-state index is 0.00900. The zero-order chi connectivity index (χ0) is 16.4. The Balaban J connectivity index is 1.60. The summed E-state index contributed by atoms with van der Waals surface area (Å²) in [5, 5.41) is 9.03. The molecule has 2 aromatic heterocycles. The fourth-order valence-corrected chi connectivity index (χ4v) is 4.28. The van der Waals surface area contributed by atoms with Gasteiger partial charge in [0.1, 0.15) is 0 Å². The van der Waals surface area contributed by atoms with Crippen molar-refractivity contribution in [2.75, 3.05) is 5.32 Å². The molecule has 3 nitrogen and oxygen atoms in total. The smallest absolute Gasteiger partial charge is 0.226 e. The Morgan fingerprint density at radius 2 is 1.96 bits per heavy atom. The lowest BCUT2D eigenvalue weighted by Gasteiger charge is -2.14. The maximum absolute atomic E-state index is 12.2. The monoisotopic (exact) mass is 344 g/mol. The number of benzene rings is 1. The minimum Gasteiger partial charge on any atom is -0.302 e. The molecule has 0 unspecified atom stereocenters. The Bertz CT molecular complexity index is 827. The van der Waals surface area contributed by atoms with Gasteiger partial charge in [0.2, 0.25) is 5.91 Å². The summed E-state index contributed by atoms with van der Waals surface area (Å²) in [6.45, 7) is 6.36. The van der Waals surface area contributed by atoms with E-state index in [1.54, 1.807) is 11.3 Å². The van der Waals surface area contributed by atoms with Gasteiger partial charge in [0, 0.05) is 21.9 Å². The van der Waals surface area contributed by atoms with E-state index in [0.717, 1.165) is 12.1 Å². The number of carbonyl (C=O) groups excluding carboxylic acids is 1. The van der Waals surface area contributed by atoms with Crippen molar-refractivity contribution in [3.05, 3.63) is 46.3 Å². The van der Waals surface area contributed by atoms with Crippen molar-refractivity contribution >= 4 is 43.8 Å². The zero-order valence-corrected chi connectivity index (χ0v) is 15.2. The Morgan fingerprint density at radius 3 is 2.70 bits per heavy atom. The van der Waals surface area contributed by atoms with Gasteiger partial charge in [-0.3, -0.25) is 4.79 Å². The van der Waals surface area contributed by atoms with Crippen LogP contribution in [0.1, 0.15) is 38.4 Å². The molecule has 0 spiro atoms. The van der Waals surface area contributed by atoms with E-state index in [1.165, 1.54) is 27.0 Å². The summed E-state index contributed by atoms with van der Waals surface area (Å²) < 4.78 is 1.28. The van der Waals surface area contributed by atoms with Crippen LogP contribution >= 0.6 is 22.7 Å². The Hall–Kier alpha value is -1.72. The number of hydrogen-bond acceptors (Lipinski definition) is 4. The maximum Gasteiger partial charge on any atom is 0.226 e. The van der Waals surface area contributed by atoms with E-state index in [1.807, 2.05) is 17.5 Å². The van der Waals surface area contributed by atoms with Gasteiger partial charge in [-0.05, 0) is 28.8 Å².